The van der Waals surface area contributed by atoms with Crippen molar-refractivity contribution >= 4 is 5.91 Å². The van der Waals surface area contributed by atoms with Gasteiger partial charge in [0.2, 0.25) is 5.91 Å². The summed E-state index contributed by atoms with van der Waals surface area (Å²) in [7, 11) is 0. The van der Waals surface area contributed by atoms with E-state index in [0.29, 0.717) is 6.42 Å². The van der Waals surface area contributed by atoms with Crippen LogP contribution in [0.5, 0.6) is 0 Å². The molecule has 1 amide bonds. The van der Waals surface area contributed by atoms with E-state index in [2.05, 4.69) is 10.2 Å². The summed E-state index contributed by atoms with van der Waals surface area (Å²) >= 11 is 0. The van der Waals surface area contributed by atoms with Gasteiger partial charge in [-0.3, -0.25) is 9.69 Å². The minimum absolute atomic E-state index is 0.180. The number of morpholine rings is 1. The summed E-state index contributed by atoms with van der Waals surface area (Å²) < 4.78 is 5.26. The molecular formula is C13H28N2O2. The van der Waals surface area contributed by atoms with Gasteiger partial charge in [0, 0.05) is 26.1 Å². The van der Waals surface area contributed by atoms with Gasteiger partial charge in [0.1, 0.15) is 0 Å². The SMILES string of the molecule is CC.CCCC(=O)NCCCN1CCOCC1. The molecule has 1 rings (SSSR count). The summed E-state index contributed by atoms with van der Waals surface area (Å²) in [4.78, 5) is 13.5. The highest BCUT2D eigenvalue weighted by Crippen LogP contribution is 1.97. The molecule has 0 saturated carbocycles. The summed E-state index contributed by atoms with van der Waals surface area (Å²) in [6.07, 6.45) is 2.61. The molecule has 1 fully saturated rings. The van der Waals surface area contributed by atoms with E-state index in [1.807, 2.05) is 20.8 Å². The summed E-state index contributed by atoms with van der Waals surface area (Å²) in [6.45, 7) is 11.6. The molecule has 0 aromatic heterocycles. The second-order valence-electron chi connectivity index (χ2n) is 3.91. The van der Waals surface area contributed by atoms with Gasteiger partial charge in [-0.25, -0.2) is 0 Å². The Labute approximate surface area is 106 Å². The van der Waals surface area contributed by atoms with E-state index in [0.717, 1.165) is 52.2 Å². The molecule has 0 atom stereocenters. The van der Waals surface area contributed by atoms with Gasteiger partial charge in [-0.2, -0.15) is 0 Å². The van der Waals surface area contributed by atoms with Crippen LogP contribution in [0.3, 0.4) is 0 Å². The van der Waals surface area contributed by atoms with Crippen LogP contribution in [0.15, 0.2) is 0 Å². The summed E-state index contributed by atoms with van der Waals surface area (Å²) in [5.41, 5.74) is 0. The molecule has 0 radical (unpaired) electrons. The summed E-state index contributed by atoms with van der Waals surface area (Å²) in [5, 5.41) is 2.93. The maximum absolute atomic E-state index is 11.1. The number of amides is 1. The molecule has 0 bridgehead atoms. The first kappa shape index (κ1) is 16.4. The van der Waals surface area contributed by atoms with Gasteiger partial charge in [-0.05, 0) is 19.4 Å². The first-order valence-electron chi connectivity index (χ1n) is 6.89. The van der Waals surface area contributed by atoms with E-state index in [1.165, 1.54) is 0 Å². The first-order chi connectivity index (χ1) is 8.33. The summed E-state index contributed by atoms with van der Waals surface area (Å²) in [5.74, 6) is 0.180. The lowest BCUT2D eigenvalue weighted by molar-refractivity contribution is -0.121. The number of hydrogen-bond acceptors (Lipinski definition) is 3. The third-order valence-corrected chi connectivity index (χ3v) is 2.55. The van der Waals surface area contributed by atoms with E-state index in [4.69, 9.17) is 4.74 Å². The van der Waals surface area contributed by atoms with Gasteiger partial charge in [-0.15, -0.1) is 0 Å². The third-order valence-electron chi connectivity index (χ3n) is 2.55. The van der Waals surface area contributed by atoms with Crippen LogP contribution >= 0.6 is 0 Å². The van der Waals surface area contributed by atoms with Crippen molar-refractivity contribution in [2.45, 2.75) is 40.0 Å². The monoisotopic (exact) mass is 244 g/mol. The molecule has 1 N–H and O–H groups in total. The normalized spacial score (nSPS) is 15.9. The lowest BCUT2D eigenvalue weighted by Gasteiger charge is -2.26. The highest BCUT2D eigenvalue weighted by Gasteiger charge is 2.09. The molecule has 0 spiro atoms. The van der Waals surface area contributed by atoms with Crippen LogP contribution in [0.1, 0.15) is 40.0 Å². The Morgan fingerprint density at radius 1 is 1.29 bits per heavy atom. The minimum Gasteiger partial charge on any atom is -0.379 e. The highest BCUT2D eigenvalue weighted by molar-refractivity contribution is 5.75. The summed E-state index contributed by atoms with van der Waals surface area (Å²) in [6, 6.07) is 0. The number of nitrogens with zero attached hydrogens (tertiary/aromatic N) is 1. The van der Waals surface area contributed by atoms with Crippen molar-refractivity contribution in [2.75, 3.05) is 39.4 Å². The van der Waals surface area contributed by atoms with Crippen LogP contribution < -0.4 is 5.32 Å². The number of carbonyl (C=O) groups is 1. The predicted octanol–water partition coefficient (Wildman–Crippen LogP) is 1.65. The van der Waals surface area contributed by atoms with Crippen molar-refractivity contribution < 1.29 is 9.53 Å². The van der Waals surface area contributed by atoms with Crippen LogP contribution in [0, 0.1) is 0 Å². The fraction of sp³-hybridized carbons (Fsp3) is 0.923. The number of hydrogen-bond donors (Lipinski definition) is 1. The van der Waals surface area contributed by atoms with E-state index < -0.39 is 0 Å². The zero-order valence-electron chi connectivity index (χ0n) is 11.6. The molecule has 1 aliphatic heterocycles. The molecular weight excluding hydrogens is 216 g/mol. The van der Waals surface area contributed by atoms with Crippen molar-refractivity contribution in [1.82, 2.24) is 10.2 Å². The zero-order valence-corrected chi connectivity index (χ0v) is 11.6. The van der Waals surface area contributed by atoms with Gasteiger partial charge >= 0.3 is 0 Å². The topological polar surface area (TPSA) is 41.6 Å². The minimum atomic E-state index is 0.180. The smallest absolute Gasteiger partial charge is 0.219 e. The van der Waals surface area contributed by atoms with E-state index in [9.17, 15) is 4.79 Å². The lowest BCUT2D eigenvalue weighted by Crippen LogP contribution is -2.38. The fourth-order valence-electron chi connectivity index (χ4n) is 1.67. The quantitative estimate of drug-likeness (QED) is 0.722. The Hall–Kier alpha value is -0.610. The molecule has 17 heavy (non-hydrogen) atoms. The van der Waals surface area contributed by atoms with E-state index >= 15 is 0 Å². The Bertz CT molecular complexity index is 180. The van der Waals surface area contributed by atoms with Gasteiger partial charge in [-0.1, -0.05) is 20.8 Å². The number of rotatable bonds is 6. The van der Waals surface area contributed by atoms with E-state index in [-0.39, 0.29) is 5.91 Å². The molecule has 102 valence electrons. The van der Waals surface area contributed by atoms with Crippen LogP contribution in [0.25, 0.3) is 0 Å². The van der Waals surface area contributed by atoms with Crippen LogP contribution in [-0.2, 0) is 9.53 Å². The Morgan fingerprint density at radius 3 is 2.53 bits per heavy atom. The Balaban J connectivity index is 0.00000121. The third kappa shape index (κ3) is 9.12. The number of nitrogens with one attached hydrogen (secondary N) is 1. The van der Waals surface area contributed by atoms with E-state index in [1.54, 1.807) is 0 Å². The maximum Gasteiger partial charge on any atom is 0.219 e. The second-order valence-corrected chi connectivity index (χ2v) is 3.91. The van der Waals surface area contributed by atoms with Crippen LogP contribution in [0.2, 0.25) is 0 Å². The largest absolute Gasteiger partial charge is 0.379 e. The van der Waals surface area contributed by atoms with Crippen molar-refractivity contribution in [3.05, 3.63) is 0 Å². The second kappa shape index (κ2) is 11.9. The molecule has 0 aromatic rings. The molecule has 4 heteroatoms. The fourth-order valence-corrected chi connectivity index (χ4v) is 1.67. The number of ether oxygens (including phenoxy) is 1. The van der Waals surface area contributed by atoms with Crippen molar-refractivity contribution in [3.8, 4) is 0 Å². The first-order valence-corrected chi connectivity index (χ1v) is 6.89. The molecule has 4 nitrogen and oxygen atoms in total. The van der Waals surface area contributed by atoms with Crippen molar-refractivity contribution in [1.29, 1.82) is 0 Å². The van der Waals surface area contributed by atoms with Crippen LogP contribution in [0.4, 0.5) is 0 Å². The molecule has 1 aliphatic rings. The molecule has 1 saturated heterocycles. The van der Waals surface area contributed by atoms with Gasteiger partial charge in [0.15, 0.2) is 0 Å². The maximum atomic E-state index is 11.1. The highest BCUT2D eigenvalue weighted by atomic mass is 16.5. The Morgan fingerprint density at radius 2 is 1.94 bits per heavy atom. The van der Waals surface area contributed by atoms with Crippen molar-refractivity contribution in [3.63, 3.8) is 0 Å². The lowest BCUT2D eigenvalue weighted by atomic mass is 10.3. The van der Waals surface area contributed by atoms with Gasteiger partial charge < -0.3 is 10.1 Å². The Kier molecular flexibility index (Phi) is 11.4. The average molecular weight is 244 g/mol. The standard InChI is InChI=1S/C11H22N2O2.C2H6/c1-2-4-11(14)12-5-3-6-13-7-9-15-10-8-13;1-2/h2-10H2,1H3,(H,12,14);1-2H3. The van der Waals surface area contributed by atoms with Crippen molar-refractivity contribution in [2.24, 2.45) is 0 Å². The molecule has 0 aromatic carbocycles. The van der Waals surface area contributed by atoms with Gasteiger partial charge in [0.25, 0.3) is 0 Å². The van der Waals surface area contributed by atoms with Gasteiger partial charge in [0.05, 0.1) is 13.2 Å². The zero-order chi connectivity index (χ0) is 12.9. The predicted molar refractivity (Wildman–Crippen MR) is 71.1 cm³/mol. The molecule has 1 heterocycles. The average Bonchev–Trinajstić information content (AvgIpc) is 2.39. The van der Waals surface area contributed by atoms with Crippen LogP contribution in [-0.4, -0.2) is 50.2 Å². The molecule has 0 unspecified atom stereocenters. The molecule has 0 aliphatic carbocycles. The number of carbonyl (C=O) groups excluding carboxylic acids is 1.